The molecule has 5 nitrogen and oxygen atoms in total. The first-order valence-electron chi connectivity index (χ1n) is 11.5. The van der Waals surface area contributed by atoms with Crippen molar-refractivity contribution < 1.29 is 18.3 Å². The highest BCUT2D eigenvalue weighted by Crippen LogP contribution is 2.37. The zero-order valence-corrected chi connectivity index (χ0v) is 19.0. The molecule has 33 heavy (non-hydrogen) atoms. The van der Waals surface area contributed by atoms with Gasteiger partial charge in [-0.15, -0.1) is 11.3 Å². The summed E-state index contributed by atoms with van der Waals surface area (Å²) in [7, 11) is 0. The van der Waals surface area contributed by atoms with E-state index in [1.54, 1.807) is 5.51 Å². The van der Waals surface area contributed by atoms with Crippen LogP contribution in [0.1, 0.15) is 31.2 Å². The first kappa shape index (κ1) is 21.1. The van der Waals surface area contributed by atoms with E-state index in [1.165, 1.54) is 23.5 Å². The van der Waals surface area contributed by atoms with Gasteiger partial charge in [0.1, 0.15) is 18.2 Å². The Labute approximate surface area is 195 Å². The molecular weight excluding hydrogens is 444 g/mol. The van der Waals surface area contributed by atoms with Crippen molar-refractivity contribution in [3.05, 3.63) is 53.0 Å². The maximum Gasteiger partial charge on any atom is 0.248 e. The largest absolute Gasteiger partial charge is 0.363 e. The summed E-state index contributed by atoms with van der Waals surface area (Å²) in [6.45, 7) is 2.40. The van der Waals surface area contributed by atoms with Crippen LogP contribution >= 0.6 is 11.3 Å². The van der Waals surface area contributed by atoms with Gasteiger partial charge in [-0.1, -0.05) is 6.07 Å². The SMILES string of the molecule is O=C1COC2(CCN(Cc3c(F)cc(-c4ccc5ncsc5c4)cc3F)CC2)CN1C1CC1. The number of amides is 1. The van der Waals surface area contributed by atoms with E-state index in [0.29, 0.717) is 31.2 Å². The minimum atomic E-state index is -0.519. The van der Waals surface area contributed by atoms with Crippen molar-refractivity contribution in [1.29, 1.82) is 0 Å². The number of nitrogens with zero attached hydrogens (tertiary/aromatic N) is 3. The van der Waals surface area contributed by atoms with Crippen LogP contribution in [-0.4, -0.2) is 58.6 Å². The molecule has 2 aromatic carbocycles. The van der Waals surface area contributed by atoms with Crippen LogP contribution in [0.4, 0.5) is 8.78 Å². The second kappa shape index (κ2) is 8.11. The minimum absolute atomic E-state index is 0.0873. The van der Waals surface area contributed by atoms with Gasteiger partial charge in [-0.2, -0.15) is 0 Å². The number of rotatable bonds is 4. The molecule has 3 aromatic rings. The van der Waals surface area contributed by atoms with Gasteiger partial charge in [-0.25, -0.2) is 13.8 Å². The molecule has 0 N–H and O–H groups in total. The minimum Gasteiger partial charge on any atom is -0.363 e. The number of benzene rings is 2. The first-order valence-corrected chi connectivity index (χ1v) is 12.3. The van der Waals surface area contributed by atoms with Gasteiger partial charge >= 0.3 is 0 Å². The molecule has 1 saturated carbocycles. The molecule has 6 rings (SSSR count). The number of hydrogen-bond acceptors (Lipinski definition) is 5. The van der Waals surface area contributed by atoms with E-state index in [1.807, 2.05) is 23.1 Å². The number of aromatic nitrogens is 1. The van der Waals surface area contributed by atoms with Crippen molar-refractivity contribution in [2.45, 2.75) is 43.9 Å². The van der Waals surface area contributed by atoms with E-state index in [9.17, 15) is 13.6 Å². The van der Waals surface area contributed by atoms with Crippen molar-refractivity contribution in [3.63, 3.8) is 0 Å². The maximum absolute atomic E-state index is 15.0. The monoisotopic (exact) mass is 469 g/mol. The number of piperidine rings is 1. The number of hydrogen-bond donors (Lipinski definition) is 0. The summed E-state index contributed by atoms with van der Waals surface area (Å²) in [5.74, 6) is -0.951. The lowest BCUT2D eigenvalue weighted by molar-refractivity contribution is -0.172. The highest BCUT2D eigenvalue weighted by molar-refractivity contribution is 7.16. The highest BCUT2D eigenvalue weighted by atomic mass is 32.1. The lowest BCUT2D eigenvalue weighted by Crippen LogP contribution is -2.59. The molecule has 1 aromatic heterocycles. The Balaban J connectivity index is 1.15. The Morgan fingerprint density at radius 3 is 2.58 bits per heavy atom. The molecule has 0 unspecified atom stereocenters. The van der Waals surface area contributed by atoms with E-state index < -0.39 is 11.6 Å². The van der Waals surface area contributed by atoms with Gasteiger partial charge in [0, 0.05) is 31.2 Å². The molecule has 1 spiro atoms. The summed E-state index contributed by atoms with van der Waals surface area (Å²) < 4.78 is 37.0. The number of thiazole rings is 1. The fourth-order valence-electron chi connectivity index (χ4n) is 5.06. The van der Waals surface area contributed by atoms with Gasteiger partial charge in [0.05, 0.1) is 27.9 Å². The molecule has 1 amide bonds. The Hall–Kier alpha value is -2.42. The number of ether oxygens (including phenoxy) is 1. The van der Waals surface area contributed by atoms with Crippen LogP contribution in [0.15, 0.2) is 35.8 Å². The van der Waals surface area contributed by atoms with Crippen LogP contribution < -0.4 is 0 Å². The van der Waals surface area contributed by atoms with Crippen molar-refractivity contribution in [1.82, 2.24) is 14.8 Å². The van der Waals surface area contributed by atoms with Gasteiger partial charge in [0.25, 0.3) is 0 Å². The highest BCUT2D eigenvalue weighted by Gasteiger charge is 2.46. The van der Waals surface area contributed by atoms with Gasteiger partial charge in [0.2, 0.25) is 5.91 Å². The Morgan fingerprint density at radius 1 is 1.09 bits per heavy atom. The fraction of sp³-hybridized carbons (Fsp3) is 0.440. The molecule has 172 valence electrons. The second-order valence-corrected chi connectivity index (χ2v) is 10.3. The molecule has 0 bridgehead atoms. The average Bonchev–Trinajstić information content (AvgIpc) is 3.55. The van der Waals surface area contributed by atoms with E-state index in [4.69, 9.17) is 4.74 Å². The molecule has 3 heterocycles. The number of morpholine rings is 1. The normalized spacial score (nSPS) is 21.3. The molecule has 2 aliphatic heterocycles. The summed E-state index contributed by atoms with van der Waals surface area (Å²) in [6.07, 6.45) is 3.69. The van der Waals surface area contributed by atoms with E-state index in [2.05, 4.69) is 9.88 Å². The summed E-state index contributed by atoms with van der Waals surface area (Å²) in [4.78, 5) is 20.5. The number of carbonyl (C=O) groups excluding carboxylic acids is 1. The summed E-state index contributed by atoms with van der Waals surface area (Å²) in [6, 6.07) is 8.88. The topological polar surface area (TPSA) is 45.7 Å². The first-order chi connectivity index (χ1) is 16.0. The van der Waals surface area contributed by atoms with Crippen molar-refractivity contribution in [2.75, 3.05) is 26.2 Å². The molecule has 3 fully saturated rings. The van der Waals surface area contributed by atoms with E-state index in [0.717, 1.165) is 41.5 Å². The van der Waals surface area contributed by atoms with E-state index in [-0.39, 0.29) is 30.2 Å². The molecule has 1 aliphatic carbocycles. The number of likely N-dealkylation sites (tertiary alicyclic amines) is 1. The van der Waals surface area contributed by atoms with Gasteiger partial charge in [-0.05, 0) is 61.1 Å². The molecule has 2 saturated heterocycles. The summed E-state index contributed by atoms with van der Waals surface area (Å²) >= 11 is 1.51. The fourth-order valence-corrected chi connectivity index (χ4v) is 5.78. The Bertz CT molecular complexity index is 1190. The van der Waals surface area contributed by atoms with E-state index >= 15 is 0 Å². The summed E-state index contributed by atoms with van der Waals surface area (Å²) in [5.41, 5.74) is 3.75. The van der Waals surface area contributed by atoms with Crippen molar-refractivity contribution in [3.8, 4) is 11.1 Å². The van der Waals surface area contributed by atoms with Crippen LogP contribution in [0.5, 0.6) is 0 Å². The smallest absolute Gasteiger partial charge is 0.248 e. The third kappa shape index (κ3) is 4.05. The van der Waals surface area contributed by atoms with Gasteiger partial charge < -0.3 is 9.64 Å². The van der Waals surface area contributed by atoms with Crippen LogP contribution in [0.3, 0.4) is 0 Å². The van der Waals surface area contributed by atoms with Crippen LogP contribution in [-0.2, 0) is 16.1 Å². The number of carbonyl (C=O) groups is 1. The number of fused-ring (bicyclic) bond motifs is 1. The zero-order chi connectivity index (χ0) is 22.6. The van der Waals surface area contributed by atoms with Gasteiger partial charge in [-0.3, -0.25) is 9.69 Å². The van der Waals surface area contributed by atoms with Gasteiger partial charge in [0.15, 0.2) is 0 Å². The van der Waals surface area contributed by atoms with Crippen LogP contribution in [0.25, 0.3) is 21.3 Å². The second-order valence-electron chi connectivity index (χ2n) is 9.45. The molecule has 3 aliphatic rings. The lowest BCUT2D eigenvalue weighted by atomic mass is 9.89. The predicted octanol–water partition coefficient (Wildman–Crippen LogP) is 4.60. The lowest BCUT2D eigenvalue weighted by Gasteiger charge is -2.47. The Morgan fingerprint density at radius 2 is 1.85 bits per heavy atom. The Kier molecular flexibility index (Phi) is 5.19. The standard InChI is InChI=1S/C25H25F2N3O2S/c26-20-9-17(16-1-4-22-23(11-16)33-15-28-22)10-21(27)19(20)12-29-7-5-25(6-8-29)14-30(18-2-3-18)24(31)13-32-25/h1,4,9-11,15,18H,2-3,5-8,12-14H2. The van der Waals surface area contributed by atoms with Crippen LogP contribution in [0.2, 0.25) is 0 Å². The third-order valence-electron chi connectivity index (χ3n) is 7.22. The van der Waals surface area contributed by atoms with Crippen molar-refractivity contribution in [2.24, 2.45) is 0 Å². The summed E-state index contributed by atoms with van der Waals surface area (Å²) in [5, 5.41) is 0. The third-order valence-corrected chi connectivity index (χ3v) is 8.01. The molecule has 0 radical (unpaired) electrons. The maximum atomic E-state index is 15.0. The average molecular weight is 470 g/mol. The quantitative estimate of drug-likeness (QED) is 0.561. The predicted molar refractivity (Wildman–Crippen MR) is 123 cm³/mol. The molecule has 8 heteroatoms. The van der Waals surface area contributed by atoms with Crippen molar-refractivity contribution >= 4 is 27.5 Å². The molecule has 0 atom stereocenters. The molecular formula is C25H25F2N3O2S. The van der Waals surface area contributed by atoms with Crippen LogP contribution in [0, 0.1) is 11.6 Å². The zero-order valence-electron chi connectivity index (χ0n) is 18.2. The number of halogens is 2.